The van der Waals surface area contributed by atoms with E-state index in [1.165, 1.54) is 6.08 Å². The first-order chi connectivity index (χ1) is 11.5. The van der Waals surface area contributed by atoms with E-state index in [2.05, 4.69) is 13.2 Å². The van der Waals surface area contributed by atoms with Gasteiger partial charge >= 0.3 is 0 Å². The van der Waals surface area contributed by atoms with Gasteiger partial charge in [0.15, 0.2) is 11.4 Å². The highest BCUT2D eigenvalue weighted by Crippen LogP contribution is 2.25. The second-order valence-corrected chi connectivity index (χ2v) is 4.92. The Labute approximate surface area is 142 Å². The third-order valence-corrected chi connectivity index (χ3v) is 3.39. The van der Waals surface area contributed by atoms with Crippen molar-refractivity contribution in [1.82, 2.24) is 0 Å². The van der Waals surface area contributed by atoms with Crippen LogP contribution in [0, 0.1) is 12.7 Å². The molecule has 24 heavy (non-hydrogen) atoms. The first-order valence-electron chi connectivity index (χ1n) is 7.86. The smallest absolute Gasteiger partial charge is 0.200 e. The first-order valence-corrected chi connectivity index (χ1v) is 7.86. The zero-order valence-corrected chi connectivity index (χ0v) is 14.7. The van der Waals surface area contributed by atoms with Gasteiger partial charge in [-0.1, -0.05) is 57.4 Å². The van der Waals surface area contributed by atoms with Crippen LogP contribution in [0.1, 0.15) is 37.7 Å². The van der Waals surface area contributed by atoms with Crippen LogP contribution in [0.25, 0.3) is 22.6 Å². The van der Waals surface area contributed by atoms with E-state index in [0.29, 0.717) is 16.7 Å². The van der Waals surface area contributed by atoms with E-state index in [4.69, 9.17) is 4.42 Å². The number of benzene rings is 1. The van der Waals surface area contributed by atoms with Crippen molar-refractivity contribution >= 4 is 22.6 Å². The molecule has 0 radical (unpaired) electrons. The van der Waals surface area contributed by atoms with Crippen molar-refractivity contribution < 1.29 is 8.81 Å². The Hall–Kier alpha value is -2.68. The summed E-state index contributed by atoms with van der Waals surface area (Å²) in [4.78, 5) is 12.7. The Bertz CT molecular complexity index is 868. The highest BCUT2D eigenvalue weighted by molar-refractivity contribution is 5.84. The number of hydrogen-bond acceptors (Lipinski definition) is 2. The molecule has 2 aromatic rings. The van der Waals surface area contributed by atoms with E-state index < -0.39 is 5.82 Å². The van der Waals surface area contributed by atoms with Gasteiger partial charge in [0, 0.05) is 0 Å². The second kappa shape index (κ2) is 8.82. The van der Waals surface area contributed by atoms with Crippen molar-refractivity contribution in [2.75, 3.05) is 0 Å². The summed E-state index contributed by atoms with van der Waals surface area (Å²) in [5.41, 5.74) is 1.23. The van der Waals surface area contributed by atoms with E-state index >= 15 is 0 Å². The standard InChI is InChI=1S/C19H17FO2.C2H6/c1-5-7-8-9-12(3)16-15(6-2)22-19-14(18(16)21)11-10-13(4)17(19)20;1-2/h5-11H,1-2H2,3-4H3;1-2H3/b8-7-,12-9+;. The summed E-state index contributed by atoms with van der Waals surface area (Å²) in [6.45, 7) is 14.7. The molecule has 0 spiro atoms. The quantitative estimate of drug-likeness (QED) is 0.640. The second-order valence-electron chi connectivity index (χ2n) is 4.92. The molecule has 126 valence electrons. The molecule has 0 amide bonds. The zero-order valence-electron chi connectivity index (χ0n) is 14.7. The third-order valence-electron chi connectivity index (χ3n) is 3.39. The summed E-state index contributed by atoms with van der Waals surface area (Å²) in [5.74, 6) is -0.250. The van der Waals surface area contributed by atoms with Crippen LogP contribution in [0.3, 0.4) is 0 Å². The fraction of sp³-hybridized carbons (Fsp3) is 0.190. The van der Waals surface area contributed by atoms with Gasteiger partial charge < -0.3 is 4.42 Å². The number of aryl methyl sites for hydroxylation is 1. The zero-order chi connectivity index (χ0) is 18.3. The molecule has 0 atom stereocenters. The van der Waals surface area contributed by atoms with Crippen LogP contribution in [0.15, 0.2) is 58.8 Å². The molecule has 0 bridgehead atoms. The minimum absolute atomic E-state index is 0.0296. The fourth-order valence-electron chi connectivity index (χ4n) is 2.22. The summed E-state index contributed by atoms with van der Waals surface area (Å²) in [7, 11) is 0. The molecule has 3 heteroatoms. The van der Waals surface area contributed by atoms with E-state index in [1.54, 1.807) is 50.3 Å². The molecule has 0 N–H and O–H groups in total. The topological polar surface area (TPSA) is 30.2 Å². The van der Waals surface area contributed by atoms with E-state index in [9.17, 15) is 9.18 Å². The predicted octanol–water partition coefficient (Wildman–Crippen LogP) is 6.06. The molecular formula is C21H23FO2. The van der Waals surface area contributed by atoms with Crippen LogP contribution >= 0.6 is 0 Å². The van der Waals surface area contributed by atoms with E-state index in [0.717, 1.165) is 0 Å². The van der Waals surface area contributed by atoms with Gasteiger partial charge in [-0.2, -0.15) is 0 Å². The number of fused-ring (bicyclic) bond motifs is 1. The van der Waals surface area contributed by atoms with Crippen molar-refractivity contribution in [3.63, 3.8) is 0 Å². The molecule has 0 aliphatic carbocycles. The van der Waals surface area contributed by atoms with Crippen molar-refractivity contribution in [3.8, 4) is 0 Å². The highest BCUT2D eigenvalue weighted by Gasteiger charge is 2.17. The lowest BCUT2D eigenvalue weighted by molar-refractivity contribution is 0.539. The van der Waals surface area contributed by atoms with Crippen LogP contribution in [-0.4, -0.2) is 0 Å². The first kappa shape index (κ1) is 19.4. The molecule has 0 saturated carbocycles. The molecule has 1 heterocycles. The molecule has 0 saturated heterocycles. The van der Waals surface area contributed by atoms with Crippen molar-refractivity contribution in [2.24, 2.45) is 0 Å². The fourth-order valence-corrected chi connectivity index (χ4v) is 2.22. The summed E-state index contributed by atoms with van der Waals surface area (Å²) >= 11 is 0. The monoisotopic (exact) mass is 326 g/mol. The Kier molecular flexibility index (Phi) is 7.12. The molecule has 1 aromatic carbocycles. The average molecular weight is 326 g/mol. The maximum atomic E-state index is 14.2. The van der Waals surface area contributed by atoms with E-state index in [1.807, 2.05) is 13.8 Å². The molecule has 2 rings (SSSR count). The third kappa shape index (κ3) is 3.80. The average Bonchev–Trinajstić information content (AvgIpc) is 2.60. The number of halogens is 1. The largest absolute Gasteiger partial charge is 0.453 e. The number of rotatable bonds is 4. The lowest BCUT2D eigenvalue weighted by Crippen LogP contribution is -2.11. The lowest BCUT2D eigenvalue weighted by atomic mass is 10.0. The predicted molar refractivity (Wildman–Crippen MR) is 102 cm³/mol. The van der Waals surface area contributed by atoms with Gasteiger partial charge in [0.1, 0.15) is 5.76 Å². The maximum absolute atomic E-state index is 14.2. The Balaban J connectivity index is 0.00000139. The summed E-state index contributed by atoms with van der Waals surface area (Å²) in [6.07, 6.45) is 8.36. The van der Waals surface area contributed by atoms with Crippen LogP contribution in [0.4, 0.5) is 4.39 Å². The molecule has 1 aromatic heterocycles. The molecule has 0 aliphatic heterocycles. The van der Waals surface area contributed by atoms with Crippen LogP contribution < -0.4 is 5.43 Å². The number of allylic oxidation sites excluding steroid dienone is 5. The number of hydrogen-bond donors (Lipinski definition) is 0. The van der Waals surface area contributed by atoms with Crippen LogP contribution in [-0.2, 0) is 0 Å². The molecule has 0 fully saturated rings. The van der Waals surface area contributed by atoms with Gasteiger partial charge in [-0.25, -0.2) is 4.39 Å². The Morgan fingerprint density at radius 3 is 2.46 bits per heavy atom. The van der Waals surface area contributed by atoms with Gasteiger partial charge in [-0.3, -0.25) is 4.79 Å². The molecular weight excluding hydrogens is 303 g/mol. The normalized spacial score (nSPS) is 11.3. The molecule has 0 unspecified atom stereocenters. The summed E-state index contributed by atoms with van der Waals surface area (Å²) < 4.78 is 19.8. The molecule has 0 aliphatic rings. The van der Waals surface area contributed by atoms with Gasteiger partial charge in [0.05, 0.1) is 10.9 Å². The van der Waals surface area contributed by atoms with Gasteiger partial charge in [0.2, 0.25) is 5.43 Å². The lowest BCUT2D eigenvalue weighted by Gasteiger charge is -2.08. The Morgan fingerprint density at radius 2 is 1.88 bits per heavy atom. The van der Waals surface area contributed by atoms with Crippen LogP contribution in [0.2, 0.25) is 0 Å². The minimum atomic E-state index is -0.516. The highest BCUT2D eigenvalue weighted by atomic mass is 19.1. The molecule has 2 nitrogen and oxygen atoms in total. The maximum Gasteiger partial charge on any atom is 0.200 e. The van der Waals surface area contributed by atoms with Crippen molar-refractivity contribution in [1.29, 1.82) is 0 Å². The summed E-state index contributed by atoms with van der Waals surface area (Å²) in [5, 5.41) is 0.226. The van der Waals surface area contributed by atoms with Gasteiger partial charge in [0.25, 0.3) is 0 Å². The SMILES string of the molecule is C=C/C=C\C=C(/C)c1c(C=C)oc2c(F)c(C)ccc2c1=O.CC. The van der Waals surface area contributed by atoms with Crippen molar-refractivity contribution in [3.05, 3.63) is 82.5 Å². The Morgan fingerprint density at radius 1 is 1.21 bits per heavy atom. The van der Waals surface area contributed by atoms with Crippen molar-refractivity contribution in [2.45, 2.75) is 27.7 Å². The minimum Gasteiger partial charge on any atom is -0.453 e. The van der Waals surface area contributed by atoms with Gasteiger partial charge in [-0.15, -0.1) is 0 Å². The summed E-state index contributed by atoms with van der Waals surface area (Å²) in [6, 6.07) is 3.16. The van der Waals surface area contributed by atoms with Gasteiger partial charge in [-0.05, 0) is 37.1 Å². The van der Waals surface area contributed by atoms with Crippen LogP contribution in [0.5, 0.6) is 0 Å². The van der Waals surface area contributed by atoms with E-state index in [-0.39, 0.29) is 22.2 Å².